The van der Waals surface area contributed by atoms with E-state index in [0.29, 0.717) is 0 Å². The van der Waals surface area contributed by atoms with Crippen LogP contribution in [0.25, 0.3) is 0 Å². The quantitative estimate of drug-likeness (QED) is 0.721. The van der Waals surface area contributed by atoms with Crippen molar-refractivity contribution >= 4 is 6.21 Å². The zero-order chi connectivity index (χ0) is 12.3. The summed E-state index contributed by atoms with van der Waals surface area (Å²) < 4.78 is 0. The monoisotopic (exact) mass is 239 g/mol. The summed E-state index contributed by atoms with van der Waals surface area (Å²) in [6.07, 6.45) is 14.3. The van der Waals surface area contributed by atoms with Crippen LogP contribution in [0.15, 0.2) is 47.5 Å². The number of aliphatic imine (C=N–C) groups is 1. The molecule has 1 aromatic rings. The fourth-order valence-electron chi connectivity index (χ4n) is 3.54. The predicted molar refractivity (Wildman–Crippen MR) is 76.9 cm³/mol. The average Bonchev–Trinajstić information content (AvgIpc) is 2.50. The molecular formula is C17H21N. The highest BCUT2D eigenvalue weighted by Crippen LogP contribution is 2.45. The summed E-state index contributed by atoms with van der Waals surface area (Å²) in [4.78, 5) is 4.94. The van der Waals surface area contributed by atoms with Gasteiger partial charge in [-0.2, -0.15) is 0 Å². The molecule has 0 saturated heterocycles. The van der Waals surface area contributed by atoms with Gasteiger partial charge in [0.25, 0.3) is 0 Å². The SMILES string of the molecule is C1=CCC(c2ccccc2)(C2CCCCC2)N=C1. The van der Waals surface area contributed by atoms with Gasteiger partial charge in [-0.15, -0.1) is 0 Å². The summed E-state index contributed by atoms with van der Waals surface area (Å²) in [7, 11) is 0. The lowest BCUT2D eigenvalue weighted by Gasteiger charge is -2.40. The van der Waals surface area contributed by atoms with Crippen LogP contribution < -0.4 is 0 Å². The van der Waals surface area contributed by atoms with E-state index in [1.165, 1.54) is 37.7 Å². The molecule has 2 aliphatic rings. The first kappa shape index (κ1) is 11.7. The molecule has 1 fully saturated rings. The van der Waals surface area contributed by atoms with E-state index in [1.54, 1.807) is 0 Å². The molecule has 1 heterocycles. The lowest BCUT2D eigenvalue weighted by atomic mass is 9.69. The highest BCUT2D eigenvalue weighted by atomic mass is 14.9. The molecule has 0 spiro atoms. The van der Waals surface area contributed by atoms with Crippen molar-refractivity contribution < 1.29 is 0 Å². The minimum atomic E-state index is 0.0242. The molecule has 1 saturated carbocycles. The topological polar surface area (TPSA) is 12.4 Å². The maximum absolute atomic E-state index is 4.94. The number of dihydropyridines is 1. The lowest BCUT2D eigenvalue weighted by Crippen LogP contribution is -2.35. The molecule has 3 rings (SSSR count). The summed E-state index contributed by atoms with van der Waals surface area (Å²) in [5, 5.41) is 0. The third kappa shape index (κ3) is 2.03. The molecule has 0 N–H and O–H groups in total. The minimum absolute atomic E-state index is 0.0242. The van der Waals surface area contributed by atoms with Gasteiger partial charge in [-0.25, -0.2) is 0 Å². The first-order chi connectivity index (χ1) is 8.92. The van der Waals surface area contributed by atoms with Crippen LogP contribution in [0.4, 0.5) is 0 Å². The lowest BCUT2D eigenvalue weighted by molar-refractivity contribution is 0.209. The third-order valence-electron chi connectivity index (χ3n) is 4.51. The van der Waals surface area contributed by atoms with Crippen LogP contribution >= 0.6 is 0 Å². The first-order valence-electron chi connectivity index (χ1n) is 7.18. The van der Waals surface area contributed by atoms with Crippen LogP contribution in [0.2, 0.25) is 0 Å². The fourth-order valence-corrected chi connectivity index (χ4v) is 3.54. The first-order valence-corrected chi connectivity index (χ1v) is 7.18. The van der Waals surface area contributed by atoms with Crippen LogP contribution in [-0.4, -0.2) is 6.21 Å². The normalized spacial score (nSPS) is 28.4. The average molecular weight is 239 g/mol. The molecular weight excluding hydrogens is 218 g/mol. The van der Waals surface area contributed by atoms with Crippen LogP contribution in [0.3, 0.4) is 0 Å². The zero-order valence-electron chi connectivity index (χ0n) is 10.9. The Morgan fingerprint density at radius 1 is 1.00 bits per heavy atom. The second kappa shape index (κ2) is 5.09. The van der Waals surface area contributed by atoms with Gasteiger partial charge in [0.1, 0.15) is 0 Å². The van der Waals surface area contributed by atoms with Crippen LogP contribution in [-0.2, 0) is 5.54 Å². The maximum Gasteiger partial charge on any atom is 0.0918 e. The summed E-state index contributed by atoms with van der Waals surface area (Å²) in [6.45, 7) is 0. The Hall–Kier alpha value is -1.37. The van der Waals surface area contributed by atoms with E-state index in [0.717, 1.165) is 12.3 Å². The molecule has 0 bridgehead atoms. The van der Waals surface area contributed by atoms with Crippen molar-refractivity contribution in [2.75, 3.05) is 0 Å². The molecule has 1 unspecified atom stereocenters. The second-order valence-electron chi connectivity index (χ2n) is 5.54. The van der Waals surface area contributed by atoms with Gasteiger partial charge in [0.15, 0.2) is 0 Å². The van der Waals surface area contributed by atoms with E-state index in [4.69, 9.17) is 4.99 Å². The Morgan fingerprint density at radius 3 is 2.44 bits per heavy atom. The van der Waals surface area contributed by atoms with Gasteiger partial charge < -0.3 is 0 Å². The van der Waals surface area contributed by atoms with Crippen molar-refractivity contribution in [3.63, 3.8) is 0 Å². The van der Waals surface area contributed by atoms with Crippen molar-refractivity contribution in [2.45, 2.75) is 44.1 Å². The molecule has 1 aliphatic heterocycles. The highest BCUT2D eigenvalue weighted by molar-refractivity contribution is 5.73. The van der Waals surface area contributed by atoms with E-state index < -0.39 is 0 Å². The van der Waals surface area contributed by atoms with Crippen LogP contribution in [0.5, 0.6) is 0 Å². The van der Waals surface area contributed by atoms with Crippen molar-refractivity contribution in [1.29, 1.82) is 0 Å². The summed E-state index contributed by atoms with van der Waals surface area (Å²) in [5.41, 5.74) is 1.42. The Bertz CT molecular complexity index is 440. The maximum atomic E-state index is 4.94. The minimum Gasteiger partial charge on any atom is -0.281 e. The Morgan fingerprint density at radius 2 is 1.78 bits per heavy atom. The van der Waals surface area contributed by atoms with Gasteiger partial charge in [0.05, 0.1) is 5.54 Å². The van der Waals surface area contributed by atoms with E-state index in [1.807, 2.05) is 6.21 Å². The number of rotatable bonds is 2. The Kier molecular flexibility index (Phi) is 3.31. The summed E-state index contributed by atoms with van der Waals surface area (Å²) >= 11 is 0. The van der Waals surface area contributed by atoms with Gasteiger partial charge in [-0.3, -0.25) is 4.99 Å². The molecule has 94 valence electrons. The van der Waals surface area contributed by atoms with Gasteiger partial charge >= 0.3 is 0 Å². The molecule has 0 amide bonds. The highest BCUT2D eigenvalue weighted by Gasteiger charge is 2.39. The van der Waals surface area contributed by atoms with E-state index >= 15 is 0 Å². The molecule has 0 radical (unpaired) electrons. The van der Waals surface area contributed by atoms with E-state index in [9.17, 15) is 0 Å². The molecule has 1 aromatic carbocycles. The summed E-state index contributed by atoms with van der Waals surface area (Å²) in [5.74, 6) is 0.717. The van der Waals surface area contributed by atoms with Gasteiger partial charge in [-0.1, -0.05) is 55.7 Å². The predicted octanol–water partition coefficient (Wildman–Crippen LogP) is 4.49. The number of nitrogens with zero attached hydrogens (tertiary/aromatic N) is 1. The molecule has 1 heteroatoms. The number of allylic oxidation sites excluding steroid dienone is 1. The van der Waals surface area contributed by atoms with Crippen molar-refractivity contribution in [3.8, 4) is 0 Å². The second-order valence-corrected chi connectivity index (χ2v) is 5.54. The van der Waals surface area contributed by atoms with Gasteiger partial charge in [-0.05, 0) is 36.8 Å². The molecule has 1 nitrogen and oxygen atoms in total. The van der Waals surface area contributed by atoms with E-state index in [2.05, 4.69) is 42.5 Å². The van der Waals surface area contributed by atoms with Gasteiger partial charge in [0, 0.05) is 6.21 Å². The number of hydrogen-bond acceptors (Lipinski definition) is 1. The smallest absolute Gasteiger partial charge is 0.0918 e. The summed E-state index contributed by atoms with van der Waals surface area (Å²) in [6, 6.07) is 10.9. The van der Waals surface area contributed by atoms with Gasteiger partial charge in [0.2, 0.25) is 0 Å². The zero-order valence-corrected chi connectivity index (χ0v) is 10.9. The Labute approximate surface area is 110 Å². The van der Waals surface area contributed by atoms with Crippen molar-refractivity contribution in [3.05, 3.63) is 48.0 Å². The van der Waals surface area contributed by atoms with E-state index in [-0.39, 0.29) is 5.54 Å². The number of benzene rings is 1. The van der Waals surface area contributed by atoms with Crippen molar-refractivity contribution in [1.82, 2.24) is 0 Å². The third-order valence-corrected chi connectivity index (χ3v) is 4.51. The Balaban J connectivity index is 1.98. The molecule has 1 aliphatic carbocycles. The molecule has 0 aromatic heterocycles. The van der Waals surface area contributed by atoms with Crippen LogP contribution in [0.1, 0.15) is 44.1 Å². The fraction of sp³-hybridized carbons (Fsp3) is 0.471. The largest absolute Gasteiger partial charge is 0.281 e. The van der Waals surface area contributed by atoms with Crippen LogP contribution in [0, 0.1) is 5.92 Å². The van der Waals surface area contributed by atoms with Crippen molar-refractivity contribution in [2.24, 2.45) is 10.9 Å². The molecule has 18 heavy (non-hydrogen) atoms. The standard InChI is InChI=1S/C17H21N/c1-3-9-15(10-4-1)17(13-7-8-14-18-17)16-11-5-2-6-12-16/h1,3-4,7-10,14,16H,2,5-6,11-13H2. The molecule has 1 atom stereocenters. The number of hydrogen-bond donors (Lipinski definition) is 0.